The number of halogens is 1. The second kappa shape index (κ2) is 5.50. The number of hydrogen-bond donors (Lipinski definition) is 1. The summed E-state index contributed by atoms with van der Waals surface area (Å²) in [4.78, 5) is 10.3. The van der Waals surface area contributed by atoms with Gasteiger partial charge >= 0.3 is 0 Å². The highest BCUT2D eigenvalue weighted by molar-refractivity contribution is 9.10. The molecule has 0 aliphatic carbocycles. The van der Waals surface area contributed by atoms with Crippen molar-refractivity contribution in [2.45, 2.75) is 18.6 Å². The summed E-state index contributed by atoms with van der Waals surface area (Å²) < 4.78 is 24.6. The Morgan fingerprint density at radius 1 is 1.38 bits per heavy atom. The molecule has 0 aliphatic heterocycles. The van der Waals surface area contributed by atoms with Gasteiger partial charge in [0.1, 0.15) is 0 Å². The number of hydrogen-bond acceptors (Lipinski definition) is 6. The van der Waals surface area contributed by atoms with E-state index in [1.807, 2.05) is 0 Å². The van der Waals surface area contributed by atoms with E-state index >= 15 is 0 Å². The average Bonchev–Trinajstić information content (AvgIpc) is 2.81. The highest BCUT2D eigenvalue weighted by Gasteiger charge is 2.22. The summed E-state index contributed by atoms with van der Waals surface area (Å²) in [7, 11) is -4.03. The van der Waals surface area contributed by atoms with Crippen LogP contribution in [0, 0.1) is 10.1 Å². The largest absolute Gasteiger partial charge is 0.297 e. The van der Waals surface area contributed by atoms with Gasteiger partial charge in [0.15, 0.2) is 5.82 Å². The number of nitro benzene ring substituents is 1. The van der Waals surface area contributed by atoms with Crippen molar-refractivity contribution >= 4 is 31.6 Å². The topological polar surface area (TPSA) is 134 Å². The minimum Gasteiger partial charge on any atom is -0.297 e. The number of rotatable bonds is 4. The summed E-state index contributed by atoms with van der Waals surface area (Å²) in [6, 6.07) is 4.20. The Bertz CT molecular complexity index is 817. The summed E-state index contributed by atoms with van der Waals surface area (Å²) in [5.74, 6) is 0.186. The molecule has 0 unspecified atom stereocenters. The molecule has 0 fully saturated rings. The number of nitro groups is 1. The average molecular weight is 376 g/mol. The smallest absolute Gasteiger partial charge is 0.273 e. The van der Waals surface area contributed by atoms with Crippen molar-refractivity contribution in [1.29, 1.82) is 0 Å². The first-order valence-electron chi connectivity index (χ1n) is 5.65. The third-order valence-electron chi connectivity index (χ3n) is 2.64. The van der Waals surface area contributed by atoms with Gasteiger partial charge in [-0.15, -0.1) is 10.2 Å². The van der Waals surface area contributed by atoms with Gasteiger partial charge in [-0.25, -0.2) is 13.6 Å². The Kier molecular flexibility index (Phi) is 4.07. The highest BCUT2D eigenvalue weighted by atomic mass is 79.9. The van der Waals surface area contributed by atoms with Crippen LogP contribution in [0.1, 0.15) is 6.92 Å². The molecule has 1 aromatic heterocycles. The molecular weight excluding hydrogens is 366 g/mol. The Morgan fingerprint density at radius 2 is 2.05 bits per heavy atom. The lowest BCUT2D eigenvalue weighted by Gasteiger charge is -2.06. The summed E-state index contributed by atoms with van der Waals surface area (Å²) >= 11 is 3.17. The molecule has 0 bridgehead atoms. The van der Waals surface area contributed by atoms with Gasteiger partial charge in [0.05, 0.1) is 4.92 Å². The number of benzene rings is 1. The molecule has 0 spiro atoms. The van der Waals surface area contributed by atoms with Crippen LogP contribution in [0.5, 0.6) is 0 Å². The first-order chi connectivity index (χ1) is 9.74. The molecule has 1 heterocycles. The number of aromatic nitrogens is 3. The molecule has 0 radical (unpaired) electrons. The summed E-state index contributed by atoms with van der Waals surface area (Å²) in [5, 5.41) is 22.9. The lowest BCUT2D eigenvalue weighted by molar-refractivity contribution is -0.384. The zero-order valence-corrected chi connectivity index (χ0v) is 13.1. The predicted molar refractivity (Wildman–Crippen MR) is 76.9 cm³/mol. The molecular formula is C10H10BrN5O4S. The maximum atomic E-state index is 11.4. The van der Waals surface area contributed by atoms with E-state index in [2.05, 4.69) is 26.1 Å². The van der Waals surface area contributed by atoms with Crippen LogP contribution in [-0.2, 0) is 16.6 Å². The van der Waals surface area contributed by atoms with Gasteiger partial charge in [-0.2, -0.15) is 0 Å². The fraction of sp³-hybridized carbons (Fsp3) is 0.200. The van der Waals surface area contributed by atoms with Gasteiger partial charge < -0.3 is 0 Å². The SMILES string of the molecule is CCn1c(-c2cc(Br)cc([N+](=O)[O-])c2)nnc1S(N)(=O)=O. The van der Waals surface area contributed by atoms with Crippen LogP contribution in [0.4, 0.5) is 5.69 Å². The quantitative estimate of drug-likeness (QED) is 0.631. The van der Waals surface area contributed by atoms with Gasteiger partial charge in [-0.3, -0.25) is 14.7 Å². The van der Waals surface area contributed by atoms with E-state index < -0.39 is 14.9 Å². The van der Waals surface area contributed by atoms with E-state index in [-0.39, 0.29) is 23.2 Å². The van der Waals surface area contributed by atoms with Crippen molar-refractivity contribution in [3.05, 3.63) is 32.8 Å². The molecule has 0 aliphatic rings. The van der Waals surface area contributed by atoms with Crippen molar-refractivity contribution in [2.24, 2.45) is 5.14 Å². The molecule has 0 amide bonds. The fourth-order valence-electron chi connectivity index (χ4n) is 1.81. The lowest BCUT2D eigenvalue weighted by Crippen LogP contribution is -2.18. The monoisotopic (exact) mass is 375 g/mol. The van der Waals surface area contributed by atoms with Crippen LogP contribution < -0.4 is 5.14 Å². The van der Waals surface area contributed by atoms with Crippen LogP contribution in [0.3, 0.4) is 0 Å². The molecule has 0 saturated heterocycles. The van der Waals surface area contributed by atoms with Crippen LogP contribution in [0.2, 0.25) is 0 Å². The van der Waals surface area contributed by atoms with Crippen LogP contribution >= 0.6 is 15.9 Å². The van der Waals surface area contributed by atoms with Crippen LogP contribution in [-0.4, -0.2) is 28.1 Å². The van der Waals surface area contributed by atoms with Gasteiger partial charge in [-0.1, -0.05) is 15.9 Å². The van der Waals surface area contributed by atoms with Crippen molar-refractivity contribution in [1.82, 2.24) is 14.8 Å². The summed E-state index contributed by atoms with van der Waals surface area (Å²) in [6.45, 7) is 1.93. The van der Waals surface area contributed by atoms with Gasteiger partial charge in [0.2, 0.25) is 0 Å². The second-order valence-electron chi connectivity index (χ2n) is 4.05. The number of non-ortho nitro benzene ring substituents is 1. The summed E-state index contributed by atoms with van der Waals surface area (Å²) in [5.41, 5.74) is 0.211. The Hall–Kier alpha value is -1.85. The van der Waals surface area contributed by atoms with Gasteiger partial charge in [-0.05, 0) is 13.0 Å². The maximum absolute atomic E-state index is 11.4. The fourth-order valence-corrected chi connectivity index (χ4v) is 2.97. The van der Waals surface area contributed by atoms with Crippen molar-refractivity contribution < 1.29 is 13.3 Å². The minimum absolute atomic E-state index is 0.151. The summed E-state index contributed by atoms with van der Waals surface area (Å²) in [6.07, 6.45) is 0. The van der Waals surface area contributed by atoms with Crippen molar-refractivity contribution in [2.75, 3.05) is 0 Å². The molecule has 112 valence electrons. The van der Waals surface area contributed by atoms with Gasteiger partial charge in [0.25, 0.3) is 20.9 Å². The molecule has 1 aromatic carbocycles. The standard InChI is InChI=1S/C10H10BrN5O4S/c1-2-15-9(13-14-10(15)21(12,19)20)6-3-7(11)5-8(4-6)16(17)18/h3-5H,2H2,1H3,(H2,12,19,20). The molecule has 21 heavy (non-hydrogen) atoms. The highest BCUT2D eigenvalue weighted by Crippen LogP contribution is 2.28. The first kappa shape index (κ1) is 15.5. The third kappa shape index (κ3) is 3.09. The molecule has 2 N–H and O–H groups in total. The zero-order valence-electron chi connectivity index (χ0n) is 10.7. The van der Waals surface area contributed by atoms with Crippen molar-refractivity contribution in [3.63, 3.8) is 0 Å². The molecule has 2 rings (SSSR count). The van der Waals surface area contributed by atoms with Crippen molar-refractivity contribution in [3.8, 4) is 11.4 Å². The number of primary sulfonamides is 1. The Balaban J connectivity index is 2.68. The molecule has 0 atom stereocenters. The normalized spacial score (nSPS) is 11.6. The third-order valence-corrected chi connectivity index (χ3v) is 3.91. The molecule has 9 nitrogen and oxygen atoms in total. The van der Waals surface area contributed by atoms with Crippen LogP contribution in [0.25, 0.3) is 11.4 Å². The van der Waals surface area contributed by atoms with E-state index in [4.69, 9.17) is 5.14 Å². The lowest BCUT2D eigenvalue weighted by atomic mass is 10.2. The molecule has 11 heteroatoms. The van der Waals surface area contributed by atoms with E-state index in [1.54, 1.807) is 13.0 Å². The van der Waals surface area contributed by atoms with Crippen LogP contribution in [0.15, 0.2) is 27.8 Å². The number of sulfonamides is 1. The van der Waals surface area contributed by atoms with E-state index in [0.717, 1.165) is 0 Å². The zero-order chi connectivity index (χ0) is 15.8. The Morgan fingerprint density at radius 3 is 2.57 bits per heavy atom. The number of nitrogens with two attached hydrogens (primary N) is 1. The molecule has 0 saturated carbocycles. The predicted octanol–water partition coefficient (Wildman–Crippen LogP) is 1.28. The first-order valence-corrected chi connectivity index (χ1v) is 7.99. The Labute approximate surface area is 128 Å². The van der Waals surface area contributed by atoms with E-state index in [1.165, 1.54) is 16.7 Å². The number of nitrogens with zero attached hydrogens (tertiary/aromatic N) is 4. The van der Waals surface area contributed by atoms with E-state index in [0.29, 0.717) is 10.0 Å². The van der Waals surface area contributed by atoms with Gasteiger partial charge in [0, 0.05) is 28.7 Å². The molecule has 2 aromatic rings. The second-order valence-corrected chi connectivity index (χ2v) is 6.42. The van der Waals surface area contributed by atoms with E-state index in [9.17, 15) is 18.5 Å². The minimum atomic E-state index is -4.03. The maximum Gasteiger partial charge on any atom is 0.273 e.